The molecule has 1 N–H and O–H groups in total. The zero-order valence-corrected chi connectivity index (χ0v) is 10.1. The molecule has 2 aromatic rings. The maximum absolute atomic E-state index is 4.40. The predicted molar refractivity (Wildman–Crippen MR) is 65.4 cm³/mol. The van der Waals surface area contributed by atoms with Crippen molar-refractivity contribution in [1.82, 2.24) is 14.9 Å². The second-order valence-electron chi connectivity index (χ2n) is 4.24. The average molecular weight is 233 g/mol. The van der Waals surface area contributed by atoms with E-state index in [0.717, 1.165) is 19.5 Å². The van der Waals surface area contributed by atoms with Crippen molar-refractivity contribution in [2.45, 2.75) is 25.9 Å². The van der Waals surface area contributed by atoms with Gasteiger partial charge in [-0.1, -0.05) is 0 Å². The number of hydrogen-bond donors (Lipinski definition) is 1. The Morgan fingerprint density at radius 1 is 1.56 bits per heavy atom. The predicted octanol–water partition coefficient (Wildman–Crippen LogP) is 2.59. The summed E-state index contributed by atoms with van der Waals surface area (Å²) in [5.74, 6) is 0. The molecule has 1 aliphatic heterocycles. The molecular formula is C12H15N3S. The Labute approximate surface area is 99.1 Å². The quantitative estimate of drug-likeness (QED) is 0.864. The second-order valence-corrected chi connectivity index (χ2v) is 5.18. The molecule has 84 valence electrons. The number of aromatic amines is 1. The van der Waals surface area contributed by atoms with Crippen molar-refractivity contribution in [3.63, 3.8) is 0 Å². The molecule has 0 amide bonds. The lowest BCUT2D eigenvalue weighted by molar-refractivity contribution is 0.190. The molecule has 1 unspecified atom stereocenters. The zero-order valence-electron chi connectivity index (χ0n) is 9.31. The third-order valence-corrected chi connectivity index (χ3v) is 4.19. The Morgan fingerprint density at radius 2 is 2.50 bits per heavy atom. The highest BCUT2D eigenvalue weighted by Crippen LogP contribution is 2.28. The van der Waals surface area contributed by atoms with E-state index in [1.807, 2.05) is 11.7 Å². The number of hydrogen-bond acceptors (Lipinski definition) is 3. The van der Waals surface area contributed by atoms with Gasteiger partial charge in [0.2, 0.25) is 0 Å². The molecule has 3 rings (SSSR count). The Kier molecular flexibility index (Phi) is 2.53. The third-order valence-electron chi connectivity index (χ3n) is 3.33. The Hall–Kier alpha value is -1.13. The van der Waals surface area contributed by atoms with E-state index in [0.29, 0.717) is 6.04 Å². The van der Waals surface area contributed by atoms with E-state index in [4.69, 9.17) is 0 Å². The molecule has 1 atom stereocenters. The molecule has 4 heteroatoms. The lowest BCUT2D eigenvalue weighted by Crippen LogP contribution is -2.32. The topological polar surface area (TPSA) is 31.9 Å². The molecule has 0 saturated carbocycles. The lowest BCUT2D eigenvalue weighted by atomic mass is 10.1. The minimum atomic E-state index is 0.463. The first-order chi connectivity index (χ1) is 7.84. The van der Waals surface area contributed by atoms with Gasteiger partial charge in [-0.05, 0) is 19.1 Å². The molecule has 0 spiro atoms. The Balaban J connectivity index is 1.79. The van der Waals surface area contributed by atoms with Crippen molar-refractivity contribution in [2.24, 2.45) is 0 Å². The summed E-state index contributed by atoms with van der Waals surface area (Å²) in [6.07, 6.45) is 3.08. The minimum absolute atomic E-state index is 0.463. The minimum Gasteiger partial charge on any atom is -0.364 e. The van der Waals surface area contributed by atoms with E-state index in [2.05, 4.69) is 33.9 Å². The van der Waals surface area contributed by atoms with Crippen LogP contribution in [0.25, 0.3) is 0 Å². The summed E-state index contributed by atoms with van der Waals surface area (Å²) in [7, 11) is 0. The van der Waals surface area contributed by atoms with Crippen LogP contribution in [-0.4, -0.2) is 21.4 Å². The van der Waals surface area contributed by atoms with Crippen LogP contribution in [0.3, 0.4) is 0 Å². The normalized spacial score (nSPS) is 18.3. The van der Waals surface area contributed by atoms with Crippen LogP contribution in [0.4, 0.5) is 0 Å². The van der Waals surface area contributed by atoms with Gasteiger partial charge in [-0.25, -0.2) is 4.98 Å². The highest BCUT2D eigenvalue weighted by atomic mass is 32.1. The van der Waals surface area contributed by atoms with E-state index in [1.165, 1.54) is 16.3 Å². The standard InChI is InChI=1S/C12H15N3S/c1-9(10-3-2-5-13-10)15-6-4-11-12(7-15)16-8-14-11/h2-3,5,8-9,13H,4,6-7H2,1H3. The molecule has 3 nitrogen and oxygen atoms in total. The van der Waals surface area contributed by atoms with Crippen LogP contribution in [0.5, 0.6) is 0 Å². The van der Waals surface area contributed by atoms with Crippen LogP contribution in [0.2, 0.25) is 0 Å². The van der Waals surface area contributed by atoms with Crippen molar-refractivity contribution in [3.05, 3.63) is 40.1 Å². The summed E-state index contributed by atoms with van der Waals surface area (Å²) >= 11 is 1.78. The maximum atomic E-state index is 4.40. The molecular weight excluding hydrogens is 218 g/mol. The van der Waals surface area contributed by atoms with Gasteiger partial charge in [0, 0.05) is 42.3 Å². The van der Waals surface area contributed by atoms with E-state index >= 15 is 0 Å². The molecule has 0 saturated heterocycles. The molecule has 1 aliphatic rings. The average Bonchev–Trinajstić information content (AvgIpc) is 2.98. The molecule has 0 bridgehead atoms. The molecule has 0 aromatic carbocycles. The number of nitrogens with one attached hydrogen (secondary N) is 1. The summed E-state index contributed by atoms with van der Waals surface area (Å²) in [4.78, 5) is 11.6. The summed E-state index contributed by atoms with van der Waals surface area (Å²) in [6, 6.07) is 4.69. The molecule has 2 aromatic heterocycles. The summed E-state index contributed by atoms with van der Waals surface area (Å²) < 4.78 is 0. The number of thiazole rings is 1. The van der Waals surface area contributed by atoms with Crippen LogP contribution in [0, 0.1) is 0 Å². The van der Waals surface area contributed by atoms with Gasteiger partial charge in [0.25, 0.3) is 0 Å². The van der Waals surface area contributed by atoms with Crippen LogP contribution in [0.1, 0.15) is 29.2 Å². The first-order valence-corrected chi connectivity index (χ1v) is 6.51. The highest BCUT2D eigenvalue weighted by Gasteiger charge is 2.23. The summed E-state index contributed by atoms with van der Waals surface area (Å²) in [6.45, 7) is 4.41. The maximum Gasteiger partial charge on any atom is 0.0798 e. The van der Waals surface area contributed by atoms with Crippen molar-refractivity contribution >= 4 is 11.3 Å². The van der Waals surface area contributed by atoms with Crippen LogP contribution in [0.15, 0.2) is 23.8 Å². The second kappa shape index (κ2) is 4.03. The molecule has 0 radical (unpaired) electrons. The van der Waals surface area contributed by atoms with E-state index in [1.54, 1.807) is 11.3 Å². The number of rotatable bonds is 2. The van der Waals surface area contributed by atoms with Gasteiger partial charge in [-0.15, -0.1) is 11.3 Å². The molecule has 16 heavy (non-hydrogen) atoms. The molecule has 0 fully saturated rings. The van der Waals surface area contributed by atoms with Crippen LogP contribution < -0.4 is 0 Å². The third kappa shape index (κ3) is 1.68. The number of nitrogens with zero attached hydrogens (tertiary/aromatic N) is 2. The van der Waals surface area contributed by atoms with Crippen molar-refractivity contribution in [1.29, 1.82) is 0 Å². The van der Waals surface area contributed by atoms with Gasteiger partial charge < -0.3 is 4.98 Å². The summed E-state index contributed by atoms with van der Waals surface area (Å²) in [5, 5.41) is 0. The van der Waals surface area contributed by atoms with E-state index in [-0.39, 0.29) is 0 Å². The first-order valence-electron chi connectivity index (χ1n) is 5.63. The number of aromatic nitrogens is 2. The Morgan fingerprint density at radius 3 is 3.31 bits per heavy atom. The van der Waals surface area contributed by atoms with Gasteiger partial charge in [0.05, 0.1) is 11.2 Å². The first kappa shape index (κ1) is 10.1. The SMILES string of the molecule is CC(c1ccc[nH]1)N1CCc2ncsc2C1. The van der Waals surface area contributed by atoms with Crippen LogP contribution in [-0.2, 0) is 13.0 Å². The van der Waals surface area contributed by atoms with Crippen molar-refractivity contribution in [2.75, 3.05) is 6.54 Å². The Bertz CT molecular complexity index is 460. The van der Waals surface area contributed by atoms with Gasteiger partial charge in [0.15, 0.2) is 0 Å². The van der Waals surface area contributed by atoms with Crippen LogP contribution >= 0.6 is 11.3 Å². The lowest BCUT2D eigenvalue weighted by Gasteiger charge is -2.31. The zero-order chi connectivity index (χ0) is 11.0. The fraction of sp³-hybridized carbons (Fsp3) is 0.417. The van der Waals surface area contributed by atoms with Gasteiger partial charge in [-0.3, -0.25) is 4.90 Å². The highest BCUT2D eigenvalue weighted by molar-refractivity contribution is 7.09. The van der Waals surface area contributed by atoms with E-state index < -0.39 is 0 Å². The number of H-pyrrole nitrogens is 1. The molecule has 3 heterocycles. The van der Waals surface area contributed by atoms with E-state index in [9.17, 15) is 0 Å². The smallest absolute Gasteiger partial charge is 0.0798 e. The largest absolute Gasteiger partial charge is 0.364 e. The van der Waals surface area contributed by atoms with Gasteiger partial charge in [-0.2, -0.15) is 0 Å². The van der Waals surface area contributed by atoms with Crippen molar-refractivity contribution in [3.8, 4) is 0 Å². The molecule has 0 aliphatic carbocycles. The number of fused-ring (bicyclic) bond motifs is 1. The fourth-order valence-corrected chi connectivity index (χ4v) is 3.11. The van der Waals surface area contributed by atoms with Gasteiger partial charge in [0.1, 0.15) is 0 Å². The van der Waals surface area contributed by atoms with Gasteiger partial charge >= 0.3 is 0 Å². The van der Waals surface area contributed by atoms with Crippen molar-refractivity contribution < 1.29 is 0 Å². The summed E-state index contributed by atoms with van der Waals surface area (Å²) in [5.41, 5.74) is 4.57. The fourth-order valence-electron chi connectivity index (χ4n) is 2.27. The monoisotopic (exact) mass is 233 g/mol.